The molecule has 1 amide bonds. The van der Waals surface area contributed by atoms with Crippen LogP contribution in [0, 0.1) is 0 Å². The molecule has 0 bridgehead atoms. The summed E-state index contributed by atoms with van der Waals surface area (Å²) in [5, 5.41) is 0.426. The van der Waals surface area contributed by atoms with Gasteiger partial charge in [0, 0.05) is 26.0 Å². The van der Waals surface area contributed by atoms with E-state index in [1.807, 2.05) is 17.8 Å². The van der Waals surface area contributed by atoms with E-state index in [1.54, 1.807) is 35.4 Å². The van der Waals surface area contributed by atoms with Gasteiger partial charge in [0.15, 0.2) is 0 Å². The summed E-state index contributed by atoms with van der Waals surface area (Å²) in [6.07, 6.45) is 11.7. The Morgan fingerprint density at radius 1 is 1.14 bits per heavy atom. The third-order valence-electron chi connectivity index (χ3n) is 5.23. The van der Waals surface area contributed by atoms with Crippen LogP contribution >= 0.6 is 0 Å². The summed E-state index contributed by atoms with van der Waals surface area (Å²) in [6.45, 7) is 3.15. The SMILES string of the molecule is CCCCCCCCN(Cc1nccn1C)C(=O)c1coc2ccccc2c1=O. The van der Waals surface area contributed by atoms with Crippen LogP contribution in [-0.2, 0) is 13.6 Å². The molecule has 3 rings (SSSR count). The maximum absolute atomic E-state index is 13.2. The Labute approximate surface area is 171 Å². The molecule has 0 aliphatic rings. The van der Waals surface area contributed by atoms with Gasteiger partial charge in [-0.2, -0.15) is 0 Å². The lowest BCUT2D eigenvalue weighted by molar-refractivity contribution is 0.0731. The fourth-order valence-corrected chi connectivity index (χ4v) is 3.45. The zero-order valence-corrected chi connectivity index (χ0v) is 17.3. The smallest absolute Gasteiger partial charge is 0.261 e. The van der Waals surface area contributed by atoms with Crippen LogP contribution in [0.2, 0.25) is 0 Å². The minimum atomic E-state index is -0.305. The van der Waals surface area contributed by atoms with Gasteiger partial charge in [0.25, 0.3) is 5.91 Å². The average molecular weight is 396 g/mol. The first kappa shape index (κ1) is 20.8. The molecular formula is C23H29N3O3. The molecule has 29 heavy (non-hydrogen) atoms. The fraction of sp³-hybridized carbons (Fsp3) is 0.435. The Kier molecular flexibility index (Phi) is 7.22. The summed E-state index contributed by atoms with van der Waals surface area (Å²) in [4.78, 5) is 32.2. The maximum Gasteiger partial charge on any atom is 0.261 e. The normalized spacial score (nSPS) is 11.1. The van der Waals surface area contributed by atoms with Crippen LogP contribution in [-0.4, -0.2) is 26.9 Å². The number of para-hydroxylation sites is 1. The number of aromatic nitrogens is 2. The van der Waals surface area contributed by atoms with Crippen LogP contribution in [0.15, 0.2) is 52.1 Å². The Hall–Kier alpha value is -2.89. The molecule has 0 atom stereocenters. The summed E-state index contributed by atoms with van der Waals surface area (Å²) >= 11 is 0. The minimum Gasteiger partial charge on any atom is -0.463 e. The van der Waals surface area contributed by atoms with Gasteiger partial charge in [0.05, 0.1) is 11.9 Å². The van der Waals surface area contributed by atoms with Gasteiger partial charge in [-0.15, -0.1) is 0 Å². The van der Waals surface area contributed by atoms with Crippen molar-refractivity contribution in [3.63, 3.8) is 0 Å². The van der Waals surface area contributed by atoms with Gasteiger partial charge in [0.2, 0.25) is 5.43 Å². The lowest BCUT2D eigenvalue weighted by atomic mass is 10.1. The molecule has 154 valence electrons. The van der Waals surface area contributed by atoms with E-state index in [0.717, 1.165) is 25.1 Å². The first-order valence-electron chi connectivity index (χ1n) is 10.4. The van der Waals surface area contributed by atoms with E-state index in [2.05, 4.69) is 11.9 Å². The molecule has 2 aromatic heterocycles. The Morgan fingerprint density at radius 2 is 1.90 bits per heavy atom. The van der Waals surface area contributed by atoms with Gasteiger partial charge in [-0.25, -0.2) is 4.98 Å². The first-order chi connectivity index (χ1) is 14.1. The molecule has 6 nitrogen and oxygen atoms in total. The number of aryl methyl sites for hydroxylation is 1. The van der Waals surface area contributed by atoms with Crippen molar-refractivity contribution in [2.24, 2.45) is 7.05 Å². The number of fused-ring (bicyclic) bond motifs is 1. The predicted octanol–water partition coefficient (Wildman–Crippen LogP) is 4.53. The fourth-order valence-electron chi connectivity index (χ4n) is 3.45. The number of hydrogen-bond acceptors (Lipinski definition) is 4. The molecule has 0 N–H and O–H groups in total. The summed E-state index contributed by atoms with van der Waals surface area (Å²) < 4.78 is 7.45. The molecule has 0 aliphatic carbocycles. The molecule has 1 aromatic carbocycles. The number of unbranched alkanes of at least 4 members (excludes halogenated alkanes) is 5. The van der Waals surface area contributed by atoms with Crippen molar-refractivity contribution in [3.05, 3.63) is 64.5 Å². The van der Waals surface area contributed by atoms with Gasteiger partial charge in [-0.1, -0.05) is 51.2 Å². The highest BCUT2D eigenvalue weighted by molar-refractivity contribution is 5.96. The lowest BCUT2D eigenvalue weighted by Gasteiger charge is -2.22. The lowest BCUT2D eigenvalue weighted by Crippen LogP contribution is -2.35. The summed E-state index contributed by atoms with van der Waals surface area (Å²) in [5.74, 6) is 0.482. The van der Waals surface area contributed by atoms with Crippen LogP contribution in [0.3, 0.4) is 0 Å². The van der Waals surface area contributed by atoms with E-state index in [4.69, 9.17) is 4.42 Å². The number of amides is 1. The second-order valence-electron chi connectivity index (χ2n) is 7.42. The van der Waals surface area contributed by atoms with E-state index in [9.17, 15) is 9.59 Å². The van der Waals surface area contributed by atoms with Crippen molar-refractivity contribution in [3.8, 4) is 0 Å². The highest BCUT2D eigenvalue weighted by Gasteiger charge is 2.22. The number of imidazole rings is 1. The van der Waals surface area contributed by atoms with Crippen molar-refractivity contribution < 1.29 is 9.21 Å². The molecule has 3 aromatic rings. The zero-order valence-electron chi connectivity index (χ0n) is 17.3. The molecular weight excluding hydrogens is 366 g/mol. The van der Waals surface area contributed by atoms with Gasteiger partial charge in [-0.3, -0.25) is 9.59 Å². The van der Waals surface area contributed by atoms with E-state index >= 15 is 0 Å². The minimum absolute atomic E-state index is 0.0730. The van der Waals surface area contributed by atoms with Crippen molar-refractivity contribution in [1.29, 1.82) is 0 Å². The Bertz CT molecular complexity index is 1010. The second kappa shape index (κ2) is 10.0. The standard InChI is InChI=1S/C23H29N3O3/c1-3-4-5-6-7-10-14-26(16-21-24-13-15-25(21)2)23(28)19-17-29-20-12-9-8-11-18(20)22(19)27/h8-9,11-13,15,17H,3-7,10,14,16H2,1-2H3. The maximum atomic E-state index is 13.2. The number of carbonyl (C=O) groups excluding carboxylic acids is 1. The molecule has 0 fully saturated rings. The van der Waals surface area contributed by atoms with Gasteiger partial charge in [-0.05, 0) is 18.6 Å². The Balaban J connectivity index is 1.79. The summed E-state index contributed by atoms with van der Waals surface area (Å²) in [5.41, 5.74) is 0.272. The number of hydrogen-bond donors (Lipinski definition) is 0. The van der Waals surface area contributed by atoms with Crippen molar-refractivity contribution in [1.82, 2.24) is 14.5 Å². The average Bonchev–Trinajstić information content (AvgIpc) is 3.14. The van der Waals surface area contributed by atoms with Crippen LogP contribution < -0.4 is 5.43 Å². The highest BCUT2D eigenvalue weighted by atomic mass is 16.3. The quantitative estimate of drug-likeness (QED) is 0.473. The van der Waals surface area contributed by atoms with E-state index in [-0.39, 0.29) is 16.9 Å². The van der Waals surface area contributed by atoms with Gasteiger partial charge < -0.3 is 13.9 Å². The number of nitrogens with zero attached hydrogens (tertiary/aromatic N) is 3. The number of benzene rings is 1. The zero-order chi connectivity index (χ0) is 20.6. The topological polar surface area (TPSA) is 68.3 Å². The molecule has 0 unspecified atom stereocenters. The van der Waals surface area contributed by atoms with E-state index in [0.29, 0.717) is 24.1 Å². The third kappa shape index (κ3) is 5.13. The summed E-state index contributed by atoms with van der Waals surface area (Å²) in [6, 6.07) is 7.00. The van der Waals surface area contributed by atoms with Gasteiger partial charge >= 0.3 is 0 Å². The van der Waals surface area contributed by atoms with Gasteiger partial charge in [0.1, 0.15) is 23.2 Å². The number of carbonyl (C=O) groups is 1. The monoisotopic (exact) mass is 395 g/mol. The van der Waals surface area contributed by atoms with Crippen molar-refractivity contribution in [2.75, 3.05) is 6.54 Å². The molecule has 6 heteroatoms. The molecule has 0 radical (unpaired) electrons. The summed E-state index contributed by atoms with van der Waals surface area (Å²) in [7, 11) is 1.90. The third-order valence-corrected chi connectivity index (χ3v) is 5.23. The predicted molar refractivity (Wildman–Crippen MR) is 114 cm³/mol. The molecule has 0 saturated heterocycles. The largest absolute Gasteiger partial charge is 0.463 e. The van der Waals surface area contributed by atoms with E-state index in [1.165, 1.54) is 25.5 Å². The highest BCUT2D eigenvalue weighted by Crippen LogP contribution is 2.14. The Morgan fingerprint density at radius 3 is 2.66 bits per heavy atom. The van der Waals surface area contributed by atoms with Crippen molar-refractivity contribution in [2.45, 2.75) is 52.0 Å². The molecule has 0 spiro atoms. The van der Waals surface area contributed by atoms with Crippen molar-refractivity contribution >= 4 is 16.9 Å². The second-order valence-corrected chi connectivity index (χ2v) is 7.42. The molecule has 0 aliphatic heterocycles. The van der Waals surface area contributed by atoms with Crippen LogP contribution in [0.5, 0.6) is 0 Å². The molecule has 2 heterocycles. The van der Waals surface area contributed by atoms with Crippen LogP contribution in [0.25, 0.3) is 11.0 Å². The van der Waals surface area contributed by atoms with E-state index < -0.39 is 0 Å². The van der Waals surface area contributed by atoms with Crippen LogP contribution in [0.1, 0.15) is 61.6 Å². The molecule has 0 saturated carbocycles. The number of rotatable bonds is 10. The van der Waals surface area contributed by atoms with Crippen LogP contribution in [0.4, 0.5) is 0 Å². The first-order valence-corrected chi connectivity index (χ1v) is 10.4.